The number of amides is 1. The van der Waals surface area contributed by atoms with Gasteiger partial charge >= 0.3 is 0 Å². The molecule has 2 unspecified atom stereocenters. The molecule has 8 heteroatoms. The first-order chi connectivity index (χ1) is 17.5. The van der Waals surface area contributed by atoms with Crippen molar-refractivity contribution in [1.29, 1.82) is 5.26 Å². The van der Waals surface area contributed by atoms with Gasteiger partial charge in [0.25, 0.3) is 0 Å². The molecule has 5 nitrogen and oxygen atoms in total. The number of nitriles is 1. The third kappa shape index (κ3) is 5.54. The first kappa shape index (κ1) is 24.7. The summed E-state index contributed by atoms with van der Waals surface area (Å²) in [6.07, 6.45) is 2.78. The van der Waals surface area contributed by atoms with Crippen molar-refractivity contribution in [1.82, 2.24) is 9.97 Å². The highest BCUT2D eigenvalue weighted by atomic mass is 79.9. The highest BCUT2D eigenvalue weighted by Crippen LogP contribution is 2.35. The van der Waals surface area contributed by atoms with Gasteiger partial charge in [0.1, 0.15) is 11.1 Å². The fraction of sp³-hybridized carbons (Fsp3) is 0.214. The summed E-state index contributed by atoms with van der Waals surface area (Å²) in [7, 11) is 0. The lowest BCUT2D eigenvalue weighted by atomic mass is 9.82. The molecule has 0 fully saturated rings. The molecule has 2 heterocycles. The Balaban J connectivity index is 1.26. The predicted octanol–water partition coefficient (Wildman–Crippen LogP) is 7.23. The molecule has 0 spiro atoms. The Kier molecular flexibility index (Phi) is 7.51. The molecule has 0 aliphatic heterocycles. The summed E-state index contributed by atoms with van der Waals surface area (Å²) < 4.78 is 1.00. The van der Waals surface area contributed by atoms with Crippen molar-refractivity contribution in [2.75, 3.05) is 5.32 Å². The Bertz CT molecular complexity index is 1430. The van der Waals surface area contributed by atoms with Crippen molar-refractivity contribution >= 4 is 50.1 Å². The topological polar surface area (TPSA) is 78.7 Å². The van der Waals surface area contributed by atoms with Crippen LogP contribution in [0.3, 0.4) is 0 Å². The third-order valence-corrected chi connectivity index (χ3v) is 8.66. The SMILES string of the molecule is CC(Sc1nc2c(cc1C#N)CC(c1ccccc1)CC2)C(=O)Nc1nc(-c2ccc(Br)cc2)cs1. The predicted molar refractivity (Wildman–Crippen MR) is 149 cm³/mol. The number of thiazole rings is 1. The van der Waals surface area contributed by atoms with E-state index in [0.29, 0.717) is 21.6 Å². The van der Waals surface area contributed by atoms with E-state index in [0.717, 1.165) is 46.2 Å². The van der Waals surface area contributed by atoms with Gasteiger partial charge in [-0.2, -0.15) is 5.26 Å². The molecule has 0 bridgehead atoms. The third-order valence-electron chi connectivity index (χ3n) is 6.28. The Labute approximate surface area is 227 Å². The van der Waals surface area contributed by atoms with Gasteiger partial charge in [-0.1, -0.05) is 70.2 Å². The van der Waals surface area contributed by atoms with E-state index in [2.05, 4.69) is 56.6 Å². The molecule has 0 saturated carbocycles. The first-order valence-electron chi connectivity index (χ1n) is 11.7. The molecule has 1 N–H and O–H groups in total. The minimum Gasteiger partial charge on any atom is -0.301 e. The number of rotatable bonds is 6. The van der Waals surface area contributed by atoms with E-state index >= 15 is 0 Å². The zero-order valence-electron chi connectivity index (χ0n) is 19.6. The molecule has 2 aromatic carbocycles. The first-order valence-corrected chi connectivity index (χ1v) is 14.2. The maximum Gasteiger partial charge on any atom is 0.239 e. The molecule has 4 aromatic rings. The Hall–Kier alpha value is -2.99. The molecule has 1 aliphatic rings. The Morgan fingerprint density at radius 1 is 1.19 bits per heavy atom. The van der Waals surface area contributed by atoms with Crippen LogP contribution in [-0.2, 0) is 17.6 Å². The number of benzene rings is 2. The maximum atomic E-state index is 12.9. The van der Waals surface area contributed by atoms with Gasteiger partial charge in [-0.15, -0.1) is 11.3 Å². The summed E-state index contributed by atoms with van der Waals surface area (Å²) in [4.78, 5) is 22.3. The summed E-state index contributed by atoms with van der Waals surface area (Å²) in [6.45, 7) is 1.83. The van der Waals surface area contributed by atoms with Crippen LogP contribution in [0, 0.1) is 11.3 Å². The summed E-state index contributed by atoms with van der Waals surface area (Å²) >= 11 is 6.16. The summed E-state index contributed by atoms with van der Waals surface area (Å²) in [5, 5.41) is 15.4. The minimum absolute atomic E-state index is 0.163. The van der Waals surface area contributed by atoms with Gasteiger partial charge in [0.15, 0.2) is 5.13 Å². The van der Waals surface area contributed by atoms with Gasteiger partial charge in [0.2, 0.25) is 5.91 Å². The average molecular weight is 576 g/mol. The molecular formula is C28H23BrN4OS2. The number of nitrogens with one attached hydrogen (secondary N) is 1. The number of pyridine rings is 1. The molecule has 36 heavy (non-hydrogen) atoms. The average Bonchev–Trinajstić information content (AvgIpc) is 3.37. The second-order valence-electron chi connectivity index (χ2n) is 8.70. The number of hydrogen-bond donors (Lipinski definition) is 1. The molecule has 0 radical (unpaired) electrons. The summed E-state index contributed by atoms with van der Waals surface area (Å²) in [6, 6.07) is 22.7. The van der Waals surface area contributed by atoms with Crippen LogP contribution in [0.15, 0.2) is 75.5 Å². The highest BCUT2D eigenvalue weighted by Gasteiger charge is 2.25. The molecule has 1 aliphatic carbocycles. The van der Waals surface area contributed by atoms with Gasteiger partial charge < -0.3 is 5.32 Å². The quantitative estimate of drug-likeness (QED) is 0.246. The standard InChI is InChI=1S/C28H23BrN4OS2/c1-17(26(34)33-28-32-25(16-35-28)19-7-10-23(29)11-8-19)36-27-22(15-30)14-21-13-20(9-12-24(21)31-27)18-5-3-2-4-6-18/h2-8,10-11,14,16-17,20H,9,12-13H2,1H3,(H,32,33,34). The van der Waals surface area contributed by atoms with E-state index in [9.17, 15) is 10.1 Å². The Morgan fingerprint density at radius 2 is 1.97 bits per heavy atom. The van der Waals surface area contributed by atoms with Crippen LogP contribution in [0.2, 0.25) is 0 Å². The van der Waals surface area contributed by atoms with E-state index in [4.69, 9.17) is 4.98 Å². The van der Waals surface area contributed by atoms with E-state index in [1.807, 2.05) is 48.7 Å². The van der Waals surface area contributed by atoms with Crippen molar-refractivity contribution in [2.24, 2.45) is 0 Å². The molecule has 2 aromatic heterocycles. The van der Waals surface area contributed by atoms with Crippen LogP contribution in [0.25, 0.3) is 11.3 Å². The molecule has 0 saturated heterocycles. The zero-order valence-corrected chi connectivity index (χ0v) is 22.8. The minimum atomic E-state index is -0.427. The number of aryl methyl sites for hydroxylation is 1. The van der Waals surface area contributed by atoms with Crippen LogP contribution in [0.4, 0.5) is 5.13 Å². The molecule has 1 amide bonds. The summed E-state index contributed by atoms with van der Waals surface area (Å²) in [5.41, 5.74) is 5.84. The van der Waals surface area contributed by atoms with Crippen LogP contribution < -0.4 is 5.32 Å². The van der Waals surface area contributed by atoms with Crippen molar-refractivity contribution in [3.8, 4) is 17.3 Å². The van der Waals surface area contributed by atoms with Crippen molar-refractivity contribution in [2.45, 2.75) is 42.4 Å². The van der Waals surface area contributed by atoms with Crippen molar-refractivity contribution in [3.63, 3.8) is 0 Å². The number of aromatic nitrogens is 2. The van der Waals surface area contributed by atoms with E-state index < -0.39 is 5.25 Å². The Morgan fingerprint density at radius 3 is 2.72 bits per heavy atom. The number of halogens is 1. The zero-order chi connectivity index (χ0) is 25.1. The van der Waals surface area contributed by atoms with E-state index in [-0.39, 0.29) is 5.91 Å². The van der Waals surface area contributed by atoms with Gasteiger partial charge in [-0.25, -0.2) is 9.97 Å². The van der Waals surface area contributed by atoms with Crippen LogP contribution in [-0.4, -0.2) is 21.1 Å². The van der Waals surface area contributed by atoms with Crippen molar-refractivity contribution in [3.05, 3.63) is 92.9 Å². The number of carbonyl (C=O) groups excluding carboxylic acids is 1. The lowest BCUT2D eigenvalue weighted by Gasteiger charge is -2.25. The smallest absolute Gasteiger partial charge is 0.239 e. The van der Waals surface area contributed by atoms with Gasteiger partial charge in [0.05, 0.1) is 16.5 Å². The van der Waals surface area contributed by atoms with Crippen LogP contribution >= 0.6 is 39.0 Å². The molecule has 2 atom stereocenters. The number of nitrogens with zero attached hydrogens (tertiary/aromatic N) is 3. The lowest BCUT2D eigenvalue weighted by molar-refractivity contribution is -0.115. The molecule has 180 valence electrons. The van der Waals surface area contributed by atoms with Crippen molar-refractivity contribution < 1.29 is 4.79 Å². The maximum absolute atomic E-state index is 12.9. The number of hydrogen-bond acceptors (Lipinski definition) is 6. The largest absolute Gasteiger partial charge is 0.301 e. The summed E-state index contributed by atoms with van der Waals surface area (Å²) in [5.74, 6) is 0.278. The second-order valence-corrected chi connectivity index (χ2v) is 11.8. The normalized spacial score (nSPS) is 15.5. The van der Waals surface area contributed by atoms with Crippen LogP contribution in [0.5, 0.6) is 0 Å². The van der Waals surface area contributed by atoms with E-state index in [1.165, 1.54) is 28.7 Å². The number of anilines is 1. The number of fused-ring (bicyclic) bond motifs is 1. The monoisotopic (exact) mass is 574 g/mol. The second kappa shape index (κ2) is 11.0. The highest BCUT2D eigenvalue weighted by molar-refractivity contribution is 9.10. The fourth-order valence-electron chi connectivity index (χ4n) is 4.34. The number of thioether (sulfide) groups is 1. The fourth-order valence-corrected chi connectivity index (χ4v) is 6.22. The van der Waals surface area contributed by atoms with E-state index in [1.54, 1.807) is 0 Å². The molecular weight excluding hydrogens is 552 g/mol. The molecule has 5 rings (SSSR count). The lowest BCUT2D eigenvalue weighted by Crippen LogP contribution is -2.23. The number of carbonyl (C=O) groups is 1. The van der Waals surface area contributed by atoms with Gasteiger partial charge in [0, 0.05) is 21.1 Å². The van der Waals surface area contributed by atoms with Gasteiger partial charge in [-0.05, 0) is 61.4 Å². The van der Waals surface area contributed by atoms with Crippen LogP contribution in [0.1, 0.15) is 41.6 Å². The van der Waals surface area contributed by atoms with Gasteiger partial charge in [-0.3, -0.25) is 4.79 Å².